The number of benzene rings is 3. The van der Waals surface area contributed by atoms with Crippen molar-refractivity contribution in [2.75, 3.05) is 11.9 Å². The lowest BCUT2D eigenvalue weighted by atomic mass is 10.1. The van der Waals surface area contributed by atoms with E-state index < -0.39 is 5.91 Å². The van der Waals surface area contributed by atoms with Crippen molar-refractivity contribution in [2.45, 2.75) is 13.5 Å². The third-order valence-electron chi connectivity index (χ3n) is 4.41. The lowest BCUT2D eigenvalue weighted by molar-refractivity contribution is -0.112. The molecule has 0 unspecified atom stereocenters. The minimum atomic E-state index is -0.538. The molecule has 0 aliphatic heterocycles. The molecular weight excluding hydrogens is 558 g/mol. The minimum absolute atomic E-state index is 0.0665. The second kappa shape index (κ2) is 11.7. The Bertz CT molecular complexity index is 1210. The van der Waals surface area contributed by atoms with E-state index in [4.69, 9.17) is 21.1 Å². The van der Waals surface area contributed by atoms with Gasteiger partial charge in [0.1, 0.15) is 24.1 Å². The predicted octanol–water partition coefficient (Wildman–Crippen LogP) is 6.61. The average Bonchev–Trinajstić information content (AvgIpc) is 2.79. The van der Waals surface area contributed by atoms with Crippen LogP contribution in [-0.4, -0.2) is 12.5 Å². The van der Waals surface area contributed by atoms with Crippen molar-refractivity contribution in [3.63, 3.8) is 0 Å². The van der Waals surface area contributed by atoms with Crippen molar-refractivity contribution in [1.29, 1.82) is 5.26 Å². The normalized spacial score (nSPS) is 10.9. The van der Waals surface area contributed by atoms with Crippen LogP contribution in [0.1, 0.15) is 18.1 Å². The van der Waals surface area contributed by atoms with Crippen molar-refractivity contribution in [3.05, 3.63) is 91.8 Å². The molecule has 1 N–H and O–H groups in total. The van der Waals surface area contributed by atoms with E-state index in [1.807, 2.05) is 13.0 Å². The van der Waals surface area contributed by atoms with E-state index in [1.54, 1.807) is 48.5 Å². The van der Waals surface area contributed by atoms with Gasteiger partial charge in [-0.25, -0.2) is 4.39 Å². The fourth-order valence-electron chi connectivity index (χ4n) is 2.86. The van der Waals surface area contributed by atoms with Gasteiger partial charge in [-0.2, -0.15) is 5.26 Å². The molecule has 1 amide bonds. The van der Waals surface area contributed by atoms with Gasteiger partial charge in [0.15, 0.2) is 11.5 Å². The number of nitrogens with one attached hydrogen (secondary N) is 1. The number of hydrogen-bond acceptors (Lipinski definition) is 4. The molecule has 0 saturated carbocycles. The third-order valence-corrected chi connectivity index (χ3v) is 5.46. The Balaban J connectivity index is 1.83. The van der Waals surface area contributed by atoms with Gasteiger partial charge in [0, 0.05) is 10.7 Å². The molecule has 5 nitrogen and oxygen atoms in total. The van der Waals surface area contributed by atoms with Gasteiger partial charge in [-0.05, 0) is 95.2 Å². The molecule has 0 aliphatic carbocycles. The minimum Gasteiger partial charge on any atom is -0.490 e. The SMILES string of the molecule is CCOc1cc(/C=C(/C#N)C(=O)Nc2ccc(Cl)cc2)cc(I)c1OCc1ccc(F)cc1. The highest BCUT2D eigenvalue weighted by Gasteiger charge is 2.15. The standard InChI is InChI=1S/C25H19ClFIN2O3/c1-2-32-23-13-17(11-18(14-29)25(31)30-21-9-5-19(26)6-10-21)12-22(28)24(23)33-15-16-3-7-20(27)8-4-16/h3-13H,2,15H2,1H3,(H,30,31)/b18-11-. The van der Waals surface area contributed by atoms with Crippen LogP contribution in [0.2, 0.25) is 5.02 Å². The quantitative estimate of drug-likeness (QED) is 0.186. The Hall–Kier alpha value is -3.09. The highest BCUT2D eigenvalue weighted by atomic mass is 127. The van der Waals surface area contributed by atoms with Gasteiger partial charge in [0.05, 0.1) is 10.2 Å². The Morgan fingerprint density at radius 3 is 2.48 bits per heavy atom. The Kier molecular flexibility index (Phi) is 8.69. The summed E-state index contributed by atoms with van der Waals surface area (Å²) in [5, 5.41) is 12.7. The molecule has 0 fully saturated rings. The van der Waals surface area contributed by atoms with Crippen LogP contribution >= 0.6 is 34.2 Å². The summed E-state index contributed by atoms with van der Waals surface area (Å²) in [6, 6.07) is 18.1. The lowest BCUT2D eigenvalue weighted by Crippen LogP contribution is -2.13. The Labute approximate surface area is 209 Å². The Morgan fingerprint density at radius 1 is 1.15 bits per heavy atom. The van der Waals surface area contributed by atoms with Gasteiger partial charge >= 0.3 is 0 Å². The number of nitrogens with zero attached hydrogens (tertiary/aromatic N) is 1. The molecule has 0 radical (unpaired) electrons. The predicted molar refractivity (Wildman–Crippen MR) is 135 cm³/mol. The monoisotopic (exact) mass is 576 g/mol. The van der Waals surface area contributed by atoms with Crippen molar-refractivity contribution >= 4 is 51.9 Å². The largest absolute Gasteiger partial charge is 0.490 e. The number of hydrogen-bond donors (Lipinski definition) is 1. The van der Waals surface area contributed by atoms with Crippen LogP contribution in [0.4, 0.5) is 10.1 Å². The molecule has 0 heterocycles. The van der Waals surface area contributed by atoms with Crippen molar-refractivity contribution in [2.24, 2.45) is 0 Å². The number of rotatable bonds is 8. The first-order valence-corrected chi connectivity index (χ1v) is 11.4. The zero-order valence-electron chi connectivity index (χ0n) is 17.6. The van der Waals surface area contributed by atoms with Crippen LogP contribution in [0, 0.1) is 20.7 Å². The molecule has 3 aromatic rings. The van der Waals surface area contributed by atoms with E-state index >= 15 is 0 Å². The number of carbonyl (C=O) groups is 1. The van der Waals surface area contributed by atoms with Gasteiger partial charge < -0.3 is 14.8 Å². The topological polar surface area (TPSA) is 71.3 Å². The number of carbonyl (C=O) groups excluding carboxylic acids is 1. The summed E-state index contributed by atoms with van der Waals surface area (Å²) < 4.78 is 25.5. The first-order chi connectivity index (χ1) is 15.9. The molecule has 0 bridgehead atoms. The molecule has 0 spiro atoms. The van der Waals surface area contributed by atoms with Crippen LogP contribution < -0.4 is 14.8 Å². The summed E-state index contributed by atoms with van der Waals surface area (Å²) in [6.07, 6.45) is 1.49. The maximum absolute atomic E-state index is 13.1. The number of ether oxygens (including phenoxy) is 2. The highest BCUT2D eigenvalue weighted by molar-refractivity contribution is 14.1. The van der Waals surface area contributed by atoms with Crippen molar-refractivity contribution in [1.82, 2.24) is 0 Å². The van der Waals surface area contributed by atoms with E-state index in [1.165, 1.54) is 18.2 Å². The summed E-state index contributed by atoms with van der Waals surface area (Å²) in [7, 11) is 0. The summed E-state index contributed by atoms with van der Waals surface area (Å²) in [5.41, 5.74) is 1.88. The molecule has 33 heavy (non-hydrogen) atoms. The molecule has 168 valence electrons. The van der Waals surface area contributed by atoms with Crippen LogP contribution in [0.5, 0.6) is 11.5 Å². The second-order valence-corrected chi connectivity index (χ2v) is 8.41. The molecule has 0 atom stereocenters. The van der Waals surface area contributed by atoms with Crippen LogP contribution in [-0.2, 0) is 11.4 Å². The summed E-state index contributed by atoms with van der Waals surface area (Å²) in [6.45, 7) is 2.48. The number of halogens is 3. The zero-order chi connectivity index (χ0) is 23.8. The van der Waals surface area contributed by atoms with Gasteiger partial charge in [0.2, 0.25) is 0 Å². The molecule has 0 aromatic heterocycles. The van der Waals surface area contributed by atoms with E-state index in [-0.39, 0.29) is 18.0 Å². The fraction of sp³-hybridized carbons (Fsp3) is 0.120. The van der Waals surface area contributed by atoms with Gasteiger partial charge in [-0.15, -0.1) is 0 Å². The van der Waals surface area contributed by atoms with E-state index in [2.05, 4.69) is 27.9 Å². The second-order valence-electron chi connectivity index (χ2n) is 6.81. The van der Waals surface area contributed by atoms with E-state index in [0.29, 0.717) is 34.4 Å². The maximum atomic E-state index is 13.1. The van der Waals surface area contributed by atoms with Crippen molar-refractivity contribution < 1.29 is 18.7 Å². The zero-order valence-corrected chi connectivity index (χ0v) is 20.5. The molecule has 0 aliphatic rings. The number of amides is 1. The fourth-order valence-corrected chi connectivity index (χ4v) is 3.76. The highest BCUT2D eigenvalue weighted by Crippen LogP contribution is 2.35. The van der Waals surface area contributed by atoms with Crippen molar-refractivity contribution in [3.8, 4) is 17.6 Å². The Morgan fingerprint density at radius 2 is 1.85 bits per heavy atom. The van der Waals surface area contributed by atoms with Gasteiger partial charge in [0.25, 0.3) is 5.91 Å². The smallest absolute Gasteiger partial charge is 0.266 e. The van der Waals surface area contributed by atoms with Gasteiger partial charge in [-0.3, -0.25) is 4.79 Å². The van der Waals surface area contributed by atoms with E-state index in [9.17, 15) is 14.4 Å². The molecule has 0 saturated heterocycles. The first-order valence-electron chi connectivity index (χ1n) is 9.92. The van der Waals surface area contributed by atoms with Crippen LogP contribution in [0.15, 0.2) is 66.2 Å². The number of nitriles is 1. The average molecular weight is 577 g/mol. The summed E-state index contributed by atoms with van der Waals surface area (Å²) in [5.74, 6) is 0.161. The van der Waals surface area contributed by atoms with Crippen LogP contribution in [0.3, 0.4) is 0 Å². The first kappa shape index (κ1) is 24.6. The van der Waals surface area contributed by atoms with Crippen LogP contribution in [0.25, 0.3) is 6.08 Å². The maximum Gasteiger partial charge on any atom is 0.266 e. The van der Waals surface area contributed by atoms with E-state index in [0.717, 1.165) is 9.13 Å². The molecule has 3 rings (SSSR count). The molecule has 8 heteroatoms. The lowest BCUT2D eigenvalue weighted by Gasteiger charge is -2.15. The molecule has 3 aromatic carbocycles. The summed E-state index contributed by atoms with van der Waals surface area (Å²) in [4.78, 5) is 12.6. The van der Waals surface area contributed by atoms with Gasteiger partial charge in [-0.1, -0.05) is 23.7 Å². The molecular formula is C25H19ClFIN2O3. The number of anilines is 1. The summed E-state index contributed by atoms with van der Waals surface area (Å²) >= 11 is 7.97. The third kappa shape index (κ3) is 6.94.